The van der Waals surface area contributed by atoms with Crippen molar-refractivity contribution in [3.63, 3.8) is 0 Å². The van der Waals surface area contributed by atoms with Crippen molar-refractivity contribution in [1.82, 2.24) is 9.80 Å². The molecule has 1 heterocycles. The number of halogens is 1. The van der Waals surface area contributed by atoms with Gasteiger partial charge in [-0.1, -0.05) is 35.9 Å². The summed E-state index contributed by atoms with van der Waals surface area (Å²) in [6.07, 6.45) is 0. The number of carbonyl (C=O) groups is 1. The number of carbonyl (C=O) groups excluding carboxylic acids is 1. The first-order chi connectivity index (χ1) is 13.7. The summed E-state index contributed by atoms with van der Waals surface area (Å²) in [5.74, 6) is 0.642. The second-order valence-electron chi connectivity index (χ2n) is 6.74. The average Bonchev–Trinajstić information content (AvgIpc) is 2.72. The fraction of sp³-hybridized carbons (Fsp3) is 0.409. The summed E-state index contributed by atoms with van der Waals surface area (Å²) in [5, 5.41) is 0.757. The molecule has 0 unspecified atom stereocenters. The van der Waals surface area contributed by atoms with E-state index in [0.717, 1.165) is 24.7 Å². The normalized spacial score (nSPS) is 14.9. The number of hydrogen-bond acceptors (Lipinski definition) is 4. The Labute approximate surface area is 171 Å². The molecule has 0 spiro atoms. The van der Waals surface area contributed by atoms with Crippen LogP contribution in [0.5, 0.6) is 5.75 Å². The topological polar surface area (TPSA) is 42.0 Å². The molecule has 3 rings (SSSR count). The van der Waals surface area contributed by atoms with Crippen LogP contribution in [-0.2, 0) is 11.3 Å². The van der Waals surface area contributed by atoms with Crippen LogP contribution in [0.2, 0.25) is 5.02 Å². The van der Waals surface area contributed by atoms with Crippen molar-refractivity contribution in [3.05, 3.63) is 64.7 Å². The van der Waals surface area contributed by atoms with E-state index in [2.05, 4.69) is 11.0 Å². The van der Waals surface area contributed by atoms with Gasteiger partial charge in [0.05, 0.1) is 12.2 Å². The molecule has 1 amide bonds. The number of benzene rings is 2. The van der Waals surface area contributed by atoms with Gasteiger partial charge in [0, 0.05) is 44.4 Å². The molecule has 0 N–H and O–H groups in total. The molecule has 1 fully saturated rings. The maximum Gasteiger partial charge on any atom is 0.257 e. The highest BCUT2D eigenvalue weighted by molar-refractivity contribution is 6.30. The molecular formula is C22H27ClN2O3. The molecule has 1 saturated heterocycles. The molecular weight excluding hydrogens is 376 g/mol. The fourth-order valence-electron chi connectivity index (χ4n) is 3.30. The zero-order valence-corrected chi connectivity index (χ0v) is 17.0. The molecule has 1 aliphatic heterocycles. The maximum absolute atomic E-state index is 13.0. The number of amides is 1. The molecule has 150 valence electrons. The number of rotatable bonds is 8. The first kappa shape index (κ1) is 20.6. The molecule has 28 heavy (non-hydrogen) atoms. The Morgan fingerprint density at radius 2 is 1.82 bits per heavy atom. The lowest BCUT2D eigenvalue weighted by molar-refractivity contribution is 0.0620. The Morgan fingerprint density at radius 3 is 2.57 bits per heavy atom. The van der Waals surface area contributed by atoms with Crippen LogP contribution in [0.15, 0.2) is 48.5 Å². The Hall–Kier alpha value is -2.08. The van der Waals surface area contributed by atoms with E-state index < -0.39 is 0 Å². The molecule has 0 atom stereocenters. The van der Waals surface area contributed by atoms with Gasteiger partial charge in [0.1, 0.15) is 12.4 Å². The molecule has 0 aliphatic carbocycles. The second-order valence-corrected chi connectivity index (χ2v) is 7.18. The number of hydrogen-bond donors (Lipinski definition) is 0. The molecule has 5 nitrogen and oxygen atoms in total. The van der Waals surface area contributed by atoms with Gasteiger partial charge in [0.2, 0.25) is 0 Å². The highest BCUT2D eigenvalue weighted by Gasteiger charge is 2.24. The van der Waals surface area contributed by atoms with Crippen LogP contribution in [0, 0.1) is 0 Å². The smallest absolute Gasteiger partial charge is 0.257 e. The molecule has 0 radical (unpaired) electrons. The van der Waals surface area contributed by atoms with Crippen molar-refractivity contribution in [1.29, 1.82) is 0 Å². The molecule has 1 aliphatic rings. The van der Waals surface area contributed by atoms with E-state index in [4.69, 9.17) is 21.1 Å². The van der Waals surface area contributed by atoms with Gasteiger partial charge in [-0.2, -0.15) is 0 Å². The molecule has 2 aromatic rings. The monoisotopic (exact) mass is 402 g/mol. The lowest BCUT2D eigenvalue weighted by Gasteiger charge is -2.35. The highest BCUT2D eigenvalue weighted by atomic mass is 35.5. The van der Waals surface area contributed by atoms with Crippen molar-refractivity contribution in [2.45, 2.75) is 13.5 Å². The van der Waals surface area contributed by atoms with Crippen LogP contribution in [-0.4, -0.2) is 61.7 Å². The van der Waals surface area contributed by atoms with Gasteiger partial charge in [-0.3, -0.25) is 9.69 Å². The lowest BCUT2D eigenvalue weighted by Crippen LogP contribution is -2.48. The van der Waals surface area contributed by atoms with Gasteiger partial charge >= 0.3 is 0 Å². The van der Waals surface area contributed by atoms with Crippen molar-refractivity contribution in [3.8, 4) is 5.75 Å². The second kappa shape index (κ2) is 10.5. The van der Waals surface area contributed by atoms with E-state index in [1.165, 1.54) is 5.56 Å². The minimum Gasteiger partial charge on any atom is -0.490 e. The summed E-state index contributed by atoms with van der Waals surface area (Å²) in [5.41, 5.74) is 1.81. The van der Waals surface area contributed by atoms with E-state index in [1.54, 1.807) is 0 Å². The van der Waals surface area contributed by atoms with Crippen LogP contribution in [0.4, 0.5) is 0 Å². The predicted molar refractivity (Wildman–Crippen MR) is 111 cm³/mol. The zero-order valence-electron chi connectivity index (χ0n) is 16.3. The van der Waals surface area contributed by atoms with Crippen LogP contribution < -0.4 is 4.74 Å². The third-order valence-electron chi connectivity index (χ3n) is 4.76. The van der Waals surface area contributed by atoms with Gasteiger partial charge < -0.3 is 14.4 Å². The molecule has 0 saturated carbocycles. The van der Waals surface area contributed by atoms with Crippen molar-refractivity contribution < 1.29 is 14.3 Å². The third kappa shape index (κ3) is 5.71. The summed E-state index contributed by atoms with van der Waals surface area (Å²) in [6.45, 7) is 7.48. The number of ether oxygens (including phenoxy) is 2. The third-order valence-corrected chi connectivity index (χ3v) is 5.00. The SMILES string of the molecule is CCOCCOc1ccccc1C(=O)N1CCN(Cc2cccc(Cl)c2)CC1. The molecule has 2 aromatic carbocycles. The van der Waals surface area contributed by atoms with E-state index in [1.807, 2.05) is 54.3 Å². The lowest BCUT2D eigenvalue weighted by atomic mass is 10.1. The Balaban J connectivity index is 1.55. The Morgan fingerprint density at radius 1 is 1.04 bits per heavy atom. The van der Waals surface area contributed by atoms with E-state index in [0.29, 0.717) is 44.2 Å². The molecule has 6 heteroatoms. The van der Waals surface area contributed by atoms with Crippen molar-refractivity contribution >= 4 is 17.5 Å². The highest BCUT2D eigenvalue weighted by Crippen LogP contribution is 2.21. The van der Waals surface area contributed by atoms with Gasteiger partial charge in [0.25, 0.3) is 5.91 Å². The van der Waals surface area contributed by atoms with E-state index in [-0.39, 0.29) is 5.91 Å². The van der Waals surface area contributed by atoms with E-state index >= 15 is 0 Å². The first-order valence-corrected chi connectivity index (χ1v) is 10.1. The molecule has 0 bridgehead atoms. The first-order valence-electron chi connectivity index (χ1n) is 9.73. The molecule has 0 aromatic heterocycles. The Bertz CT molecular complexity index is 776. The Kier molecular flexibility index (Phi) is 7.71. The quantitative estimate of drug-likeness (QED) is 0.631. The summed E-state index contributed by atoms with van der Waals surface area (Å²) < 4.78 is 11.1. The standard InChI is InChI=1S/C22H27ClN2O3/c1-2-27-14-15-28-21-9-4-3-8-20(21)22(26)25-12-10-24(11-13-25)17-18-6-5-7-19(23)16-18/h3-9,16H,2,10-15,17H2,1H3. The van der Waals surface area contributed by atoms with Crippen LogP contribution in [0.3, 0.4) is 0 Å². The summed E-state index contributed by atoms with van der Waals surface area (Å²) in [7, 11) is 0. The predicted octanol–water partition coefficient (Wildman–Crippen LogP) is 3.71. The largest absolute Gasteiger partial charge is 0.490 e. The van der Waals surface area contributed by atoms with Gasteiger partial charge in [0.15, 0.2) is 0 Å². The summed E-state index contributed by atoms with van der Waals surface area (Å²) in [6, 6.07) is 15.4. The van der Waals surface area contributed by atoms with Crippen LogP contribution in [0.25, 0.3) is 0 Å². The van der Waals surface area contributed by atoms with E-state index in [9.17, 15) is 4.79 Å². The minimum atomic E-state index is 0.0226. The van der Waals surface area contributed by atoms with Gasteiger partial charge in [-0.05, 0) is 36.8 Å². The summed E-state index contributed by atoms with van der Waals surface area (Å²) in [4.78, 5) is 17.2. The van der Waals surface area contributed by atoms with Gasteiger partial charge in [-0.25, -0.2) is 0 Å². The number of nitrogens with zero attached hydrogens (tertiary/aromatic N) is 2. The zero-order chi connectivity index (χ0) is 19.8. The fourth-order valence-corrected chi connectivity index (χ4v) is 3.51. The van der Waals surface area contributed by atoms with Crippen LogP contribution in [0.1, 0.15) is 22.8 Å². The van der Waals surface area contributed by atoms with Crippen molar-refractivity contribution in [2.24, 2.45) is 0 Å². The van der Waals surface area contributed by atoms with Crippen LogP contribution >= 0.6 is 11.6 Å². The van der Waals surface area contributed by atoms with Crippen molar-refractivity contribution in [2.75, 3.05) is 46.0 Å². The van der Waals surface area contributed by atoms with Gasteiger partial charge in [-0.15, -0.1) is 0 Å². The average molecular weight is 403 g/mol. The maximum atomic E-state index is 13.0. The number of para-hydroxylation sites is 1. The minimum absolute atomic E-state index is 0.0226. The number of piperazine rings is 1. The summed E-state index contributed by atoms with van der Waals surface area (Å²) >= 11 is 6.07.